The third-order valence-electron chi connectivity index (χ3n) is 4.31. The molecule has 1 heterocycles. The SMILES string of the molecule is Cc1ccc(F)c(C(NN)C2CN(C)CCCN2C)c1F. The highest BCUT2D eigenvalue weighted by molar-refractivity contribution is 5.30. The fraction of sp³-hybridized carbons (Fsp3) is 0.600. The summed E-state index contributed by atoms with van der Waals surface area (Å²) in [4.78, 5) is 4.29. The van der Waals surface area contributed by atoms with Gasteiger partial charge in [0.2, 0.25) is 0 Å². The maximum atomic E-state index is 14.4. The standard InChI is InChI=1S/C15H24F2N4/c1-10-5-6-11(16)13(14(10)17)15(19-18)12-9-20(2)7-4-8-21(12)3/h5-6,12,15,19H,4,7-9,18H2,1-3H3. The minimum Gasteiger partial charge on any atom is -0.305 e. The molecule has 1 aromatic rings. The Balaban J connectivity index is 2.41. The van der Waals surface area contributed by atoms with Gasteiger partial charge in [-0.05, 0) is 52.2 Å². The molecule has 118 valence electrons. The molecule has 3 N–H and O–H groups in total. The molecule has 2 unspecified atom stereocenters. The Morgan fingerprint density at radius 2 is 2.00 bits per heavy atom. The van der Waals surface area contributed by atoms with Crippen LogP contribution in [0.25, 0.3) is 0 Å². The van der Waals surface area contributed by atoms with E-state index in [1.807, 2.05) is 14.1 Å². The van der Waals surface area contributed by atoms with Crippen LogP contribution in [0.1, 0.15) is 23.6 Å². The molecule has 1 aromatic carbocycles. The first-order valence-corrected chi connectivity index (χ1v) is 7.25. The van der Waals surface area contributed by atoms with Crippen molar-refractivity contribution in [2.75, 3.05) is 33.7 Å². The van der Waals surface area contributed by atoms with E-state index in [0.717, 1.165) is 19.5 Å². The summed E-state index contributed by atoms with van der Waals surface area (Å²) in [6.45, 7) is 4.19. The molecule has 1 aliphatic rings. The van der Waals surface area contributed by atoms with Crippen LogP contribution in [0.15, 0.2) is 12.1 Å². The van der Waals surface area contributed by atoms with Gasteiger partial charge in [0.15, 0.2) is 0 Å². The number of hydrazine groups is 1. The van der Waals surface area contributed by atoms with Gasteiger partial charge >= 0.3 is 0 Å². The van der Waals surface area contributed by atoms with Gasteiger partial charge in [0.05, 0.1) is 6.04 Å². The number of rotatable bonds is 3. The lowest BCUT2D eigenvalue weighted by molar-refractivity contribution is 0.174. The lowest BCUT2D eigenvalue weighted by Gasteiger charge is -2.34. The lowest BCUT2D eigenvalue weighted by Crippen LogP contribution is -2.49. The van der Waals surface area contributed by atoms with E-state index in [9.17, 15) is 8.78 Å². The van der Waals surface area contributed by atoms with Crippen LogP contribution >= 0.6 is 0 Å². The first kappa shape index (κ1) is 16.3. The molecule has 0 bridgehead atoms. The third kappa shape index (κ3) is 3.40. The largest absolute Gasteiger partial charge is 0.305 e. The topological polar surface area (TPSA) is 44.5 Å². The van der Waals surface area contributed by atoms with Gasteiger partial charge in [-0.15, -0.1) is 0 Å². The van der Waals surface area contributed by atoms with Crippen LogP contribution in [0.2, 0.25) is 0 Å². The van der Waals surface area contributed by atoms with Gasteiger partial charge < -0.3 is 9.80 Å². The second-order valence-electron chi connectivity index (χ2n) is 5.90. The molecule has 21 heavy (non-hydrogen) atoms. The summed E-state index contributed by atoms with van der Waals surface area (Å²) in [5, 5.41) is 0. The molecule has 0 amide bonds. The summed E-state index contributed by atoms with van der Waals surface area (Å²) in [6, 6.07) is 2.08. The van der Waals surface area contributed by atoms with E-state index in [1.54, 1.807) is 6.92 Å². The summed E-state index contributed by atoms with van der Waals surface area (Å²) in [7, 11) is 3.99. The van der Waals surface area contributed by atoms with E-state index >= 15 is 0 Å². The predicted molar refractivity (Wildman–Crippen MR) is 79.7 cm³/mol. The quantitative estimate of drug-likeness (QED) is 0.654. The van der Waals surface area contributed by atoms with E-state index in [2.05, 4.69) is 15.2 Å². The van der Waals surface area contributed by atoms with E-state index in [0.29, 0.717) is 12.1 Å². The molecule has 1 fully saturated rings. The van der Waals surface area contributed by atoms with Crippen molar-refractivity contribution < 1.29 is 8.78 Å². The zero-order valence-electron chi connectivity index (χ0n) is 12.9. The van der Waals surface area contributed by atoms with Gasteiger partial charge in [-0.3, -0.25) is 11.3 Å². The van der Waals surface area contributed by atoms with Gasteiger partial charge in [-0.2, -0.15) is 0 Å². The van der Waals surface area contributed by atoms with Crippen molar-refractivity contribution in [3.05, 3.63) is 34.9 Å². The van der Waals surface area contributed by atoms with Crippen molar-refractivity contribution in [1.29, 1.82) is 0 Å². The highest BCUT2D eigenvalue weighted by Gasteiger charge is 2.32. The van der Waals surface area contributed by atoms with Crippen LogP contribution in [0.4, 0.5) is 8.78 Å². The van der Waals surface area contributed by atoms with Gasteiger partial charge in [-0.1, -0.05) is 6.07 Å². The zero-order valence-corrected chi connectivity index (χ0v) is 12.9. The van der Waals surface area contributed by atoms with Crippen LogP contribution in [-0.2, 0) is 0 Å². The van der Waals surface area contributed by atoms with Crippen molar-refractivity contribution in [2.24, 2.45) is 5.84 Å². The fourth-order valence-corrected chi connectivity index (χ4v) is 3.02. The monoisotopic (exact) mass is 298 g/mol. The van der Waals surface area contributed by atoms with E-state index in [4.69, 9.17) is 5.84 Å². The number of hydrogen-bond donors (Lipinski definition) is 2. The summed E-state index contributed by atoms with van der Waals surface area (Å²) in [6.07, 6.45) is 1.03. The number of likely N-dealkylation sites (N-methyl/N-ethyl adjacent to an activating group) is 2. The normalized spacial score (nSPS) is 23.0. The summed E-state index contributed by atoms with van der Waals surface area (Å²) in [5.41, 5.74) is 3.09. The van der Waals surface area contributed by atoms with Crippen LogP contribution in [-0.4, -0.2) is 49.6 Å². The molecule has 0 aliphatic carbocycles. The molecular weight excluding hydrogens is 274 g/mol. The summed E-state index contributed by atoms with van der Waals surface area (Å²) >= 11 is 0. The minimum atomic E-state index is -0.588. The lowest BCUT2D eigenvalue weighted by atomic mass is 9.95. The van der Waals surface area contributed by atoms with Crippen LogP contribution < -0.4 is 11.3 Å². The number of aryl methyl sites for hydroxylation is 1. The van der Waals surface area contributed by atoms with Crippen molar-refractivity contribution in [3.8, 4) is 0 Å². The Bertz CT molecular complexity index is 495. The number of nitrogens with zero attached hydrogens (tertiary/aromatic N) is 2. The average Bonchev–Trinajstić information content (AvgIpc) is 2.61. The number of hydrogen-bond acceptors (Lipinski definition) is 4. The molecule has 0 aromatic heterocycles. The van der Waals surface area contributed by atoms with E-state index < -0.39 is 17.7 Å². The Hall–Kier alpha value is -1.08. The van der Waals surface area contributed by atoms with Gasteiger partial charge in [-0.25, -0.2) is 8.78 Å². The molecule has 1 aliphatic heterocycles. The van der Waals surface area contributed by atoms with Crippen LogP contribution in [0, 0.1) is 18.6 Å². The van der Waals surface area contributed by atoms with Crippen molar-refractivity contribution in [2.45, 2.75) is 25.4 Å². The molecule has 6 heteroatoms. The maximum Gasteiger partial charge on any atom is 0.133 e. The molecule has 4 nitrogen and oxygen atoms in total. The van der Waals surface area contributed by atoms with E-state index in [1.165, 1.54) is 12.1 Å². The Morgan fingerprint density at radius 1 is 1.29 bits per heavy atom. The van der Waals surface area contributed by atoms with Crippen LogP contribution in [0.5, 0.6) is 0 Å². The molecule has 2 atom stereocenters. The van der Waals surface area contributed by atoms with Crippen molar-refractivity contribution in [1.82, 2.24) is 15.2 Å². The van der Waals surface area contributed by atoms with Gasteiger partial charge in [0.25, 0.3) is 0 Å². The Morgan fingerprint density at radius 3 is 2.67 bits per heavy atom. The molecule has 0 saturated carbocycles. The number of nitrogens with one attached hydrogen (secondary N) is 1. The van der Waals surface area contributed by atoms with Crippen molar-refractivity contribution in [3.63, 3.8) is 0 Å². The number of nitrogens with two attached hydrogens (primary N) is 1. The number of benzene rings is 1. The second kappa shape index (κ2) is 6.79. The van der Waals surface area contributed by atoms with Crippen molar-refractivity contribution >= 4 is 0 Å². The third-order valence-corrected chi connectivity index (χ3v) is 4.31. The highest BCUT2D eigenvalue weighted by atomic mass is 19.1. The zero-order chi connectivity index (χ0) is 15.6. The molecule has 2 rings (SSSR count). The summed E-state index contributed by atoms with van der Waals surface area (Å²) in [5.74, 6) is 4.58. The van der Waals surface area contributed by atoms with Gasteiger partial charge in [0.1, 0.15) is 11.6 Å². The first-order valence-electron chi connectivity index (χ1n) is 7.25. The molecular formula is C15H24F2N4. The fourth-order valence-electron chi connectivity index (χ4n) is 3.02. The Labute approximate surface area is 124 Å². The number of halogens is 2. The second-order valence-corrected chi connectivity index (χ2v) is 5.90. The highest BCUT2D eigenvalue weighted by Crippen LogP contribution is 2.28. The average molecular weight is 298 g/mol. The van der Waals surface area contributed by atoms with Crippen LogP contribution in [0.3, 0.4) is 0 Å². The first-order chi connectivity index (χ1) is 9.95. The minimum absolute atomic E-state index is 0.0321. The van der Waals surface area contributed by atoms with Gasteiger partial charge in [0, 0.05) is 18.2 Å². The smallest absolute Gasteiger partial charge is 0.133 e. The molecule has 1 saturated heterocycles. The molecule has 0 radical (unpaired) electrons. The summed E-state index contributed by atoms with van der Waals surface area (Å²) < 4.78 is 28.6. The molecule has 0 spiro atoms. The van der Waals surface area contributed by atoms with E-state index in [-0.39, 0.29) is 11.6 Å². The maximum absolute atomic E-state index is 14.4. The predicted octanol–water partition coefficient (Wildman–Crippen LogP) is 1.41. The Kier molecular flexibility index (Phi) is 5.27.